The maximum absolute atomic E-state index is 14.0. The third-order valence-electron chi connectivity index (χ3n) is 5.80. The molecule has 7 heteroatoms. The van der Waals surface area contributed by atoms with Crippen LogP contribution in [0.15, 0.2) is 48.5 Å². The molecule has 0 aliphatic carbocycles. The van der Waals surface area contributed by atoms with Gasteiger partial charge in [-0.2, -0.15) is 0 Å². The molecule has 3 rings (SSSR count). The highest BCUT2D eigenvalue weighted by atomic mass is 19.1. The van der Waals surface area contributed by atoms with Crippen LogP contribution >= 0.6 is 0 Å². The Bertz CT molecular complexity index is 970. The zero-order valence-electron chi connectivity index (χ0n) is 18.6. The molecule has 170 valence electrons. The maximum Gasteiger partial charge on any atom is 0.256 e. The first-order valence-corrected chi connectivity index (χ1v) is 11.1. The molecule has 1 saturated heterocycles. The number of amides is 3. The molecule has 3 amide bonds. The number of piperidine rings is 1. The number of nitrogens with zero attached hydrogens (tertiary/aromatic N) is 1. The summed E-state index contributed by atoms with van der Waals surface area (Å²) in [7, 11) is 0. The standard InChI is InChI=1S/C25H30FN3O3/c1-3-13-27-24(31)22(28-23(30)19-8-6-7-17(2)16-19)18-11-14-29(15-12-18)25(32)20-9-4-5-10-21(20)26/h4-10,16,18,22H,3,11-15H2,1-2H3,(H,27,31)(H,28,30). The Morgan fingerprint density at radius 2 is 1.81 bits per heavy atom. The molecule has 32 heavy (non-hydrogen) atoms. The Labute approximate surface area is 188 Å². The predicted molar refractivity (Wildman–Crippen MR) is 121 cm³/mol. The molecule has 0 spiro atoms. The number of rotatable bonds is 7. The summed E-state index contributed by atoms with van der Waals surface area (Å²) in [4.78, 5) is 40.0. The van der Waals surface area contributed by atoms with Gasteiger partial charge in [-0.3, -0.25) is 14.4 Å². The lowest BCUT2D eigenvalue weighted by Gasteiger charge is -2.36. The number of nitrogens with one attached hydrogen (secondary N) is 2. The number of carbonyl (C=O) groups excluding carboxylic acids is 3. The van der Waals surface area contributed by atoms with Crippen molar-refractivity contribution in [3.8, 4) is 0 Å². The van der Waals surface area contributed by atoms with Crippen molar-refractivity contribution < 1.29 is 18.8 Å². The number of likely N-dealkylation sites (tertiary alicyclic amines) is 1. The molecule has 1 fully saturated rings. The summed E-state index contributed by atoms with van der Waals surface area (Å²) in [6.07, 6.45) is 1.87. The fourth-order valence-corrected chi connectivity index (χ4v) is 4.01. The highest BCUT2D eigenvalue weighted by molar-refractivity contribution is 5.98. The van der Waals surface area contributed by atoms with Crippen LogP contribution in [-0.2, 0) is 4.79 Å². The Kier molecular flexibility index (Phi) is 7.98. The van der Waals surface area contributed by atoms with E-state index in [2.05, 4.69) is 10.6 Å². The molecule has 2 aromatic carbocycles. The van der Waals surface area contributed by atoms with Gasteiger partial charge in [-0.05, 0) is 56.4 Å². The molecular formula is C25H30FN3O3. The van der Waals surface area contributed by atoms with Crippen molar-refractivity contribution in [3.05, 3.63) is 71.0 Å². The third-order valence-corrected chi connectivity index (χ3v) is 5.80. The van der Waals surface area contributed by atoms with E-state index >= 15 is 0 Å². The minimum atomic E-state index is -0.694. The predicted octanol–water partition coefficient (Wildman–Crippen LogP) is 3.31. The van der Waals surface area contributed by atoms with Crippen LogP contribution in [0, 0.1) is 18.7 Å². The van der Waals surface area contributed by atoms with Crippen molar-refractivity contribution in [2.24, 2.45) is 5.92 Å². The number of carbonyl (C=O) groups is 3. The van der Waals surface area contributed by atoms with E-state index in [1.165, 1.54) is 12.1 Å². The van der Waals surface area contributed by atoms with Crippen molar-refractivity contribution in [1.82, 2.24) is 15.5 Å². The van der Waals surface area contributed by atoms with E-state index in [4.69, 9.17) is 0 Å². The van der Waals surface area contributed by atoms with Crippen LogP contribution in [0.25, 0.3) is 0 Å². The lowest BCUT2D eigenvalue weighted by molar-refractivity contribution is -0.124. The van der Waals surface area contributed by atoms with E-state index < -0.39 is 11.9 Å². The molecule has 1 unspecified atom stereocenters. The van der Waals surface area contributed by atoms with Gasteiger partial charge in [0.2, 0.25) is 5.91 Å². The minimum Gasteiger partial charge on any atom is -0.354 e. The fourth-order valence-electron chi connectivity index (χ4n) is 4.01. The summed E-state index contributed by atoms with van der Waals surface area (Å²) in [5, 5.41) is 5.79. The van der Waals surface area contributed by atoms with Crippen molar-refractivity contribution in [1.29, 1.82) is 0 Å². The second-order valence-electron chi connectivity index (χ2n) is 8.22. The maximum atomic E-state index is 14.0. The molecule has 2 aromatic rings. The van der Waals surface area contributed by atoms with Gasteiger partial charge in [0.05, 0.1) is 5.56 Å². The summed E-state index contributed by atoms with van der Waals surface area (Å²) >= 11 is 0. The van der Waals surface area contributed by atoms with E-state index in [0.717, 1.165) is 12.0 Å². The molecule has 2 N–H and O–H groups in total. The molecule has 1 aliphatic rings. The Hall–Kier alpha value is -3.22. The molecule has 1 heterocycles. The lowest BCUT2D eigenvalue weighted by Crippen LogP contribution is -2.54. The molecule has 0 radical (unpaired) electrons. The zero-order valence-corrected chi connectivity index (χ0v) is 18.6. The summed E-state index contributed by atoms with van der Waals surface area (Å²) < 4.78 is 14.0. The van der Waals surface area contributed by atoms with E-state index in [-0.39, 0.29) is 29.2 Å². The van der Waals surface area contributed by atoms with Gasteiger partial charge in [0, 0.05) is 25.2 Å². The van der Waals surface area contributed by atoms with Crippen molar-refractivity contribution in [3.63, 3.8) is 0 Å². The second-order valence-corrected chi connectivity index (χ2v) is 8.22. The highest BCUT2D eigenvalue weighted by Crippen LogP contribution is 2.23. The average Bonchev–Trinajstić information content (AvgIpc) is 2.81. The molecule has 6 nitrogen and oxygen atoms in total. The van der Waals surface area contributed by atoms with Crippen LogP contribution in [0.4, 0.5) is 4.39 Å². The molecule has 0 aromatic heterocycles. The number of aryl methyl sites for hydroxylation is 1. The summed E-state index contributed by atoms with van der Waals surface area (Å²) in [6.45, 7) is 5.20. The molecule has 1 atom stereocenters. The van der Waals surface area contributed by atoms with Gasteiger partial charge in [0.1, 0.15) is 11.9 Å². The normalized spacial score (nSPS) is 15.2. The zero-order chi connectivity index (χ0) is 23.1. The summed E-state index contributed by atoms with van der Waals surface area (Å²) in [6, 6.07) is 12.5. The van der Waals surface area contributed by atoms with Gasteiger partial charge < -0.3 is 15.5 Å². The largest absolute Gasteiger partial charge is 0.354 e. The van der Waals surface area contributed by atoms with E-state index in [1.807, 2.05) is 26.0 Å². The van der Waals surface area contributed by atoms with Gasteiger partial charge in [-0.1, -0.05) is 36.8 Å². The van der Waals surface area contributed by atoms with Gasteiger partial charge in [-0.15, -0.1) is 0 Å². The van der Waals surface area contributed by atoms with Crippen LogP contribution < -0.4 is 10.6 Å². The summed E-state index contributed by atoms with van der Waals surface area (Å²) in [5.74, 6) is -1.52. The van der Waals surface area contributed by atoms with Gasteiger partial charge >= 0.3 is 0 Å². The fraction of sp³-hybridized carbons (Fsp3) is 0.400. The van der Waals surface area contributed by atoms with Crippen LogP contribution in [-0.4, -0.2) is 48.3 Å². The lowest BCUT2D eigenvalue weighted by atomic mass is 9.88. The Balaban J connectivity index is 1.69. The van der Waals surface area contributed by atoms with Crippen molar-refractivity contribution in [2.45, 2.75) is 39.2 Å². The minimum absolute atomic E-state index is 0.0518. The molecule has 0 saturated carbocycles. The van der Waals surface area contributed by atoms with E-state index in [1.54, 1.807) is 29.2 Å². The summed E-state index contributed by atoms with van der Waals surface area (Å²) in [5.41, 5.74) is 1.52. The first kappa shape index (κ1) is 23.4. The first-order chi connectivity index (χ1) is 15.4. The molecule has 0 bridgehead atoms. The second kappa shape index (κ2) is 10.9. The quantitative estimate of drug-likeness (QED) is 0.695. The van der Waals surface area contributed by atoms with Crippen LogP contribution in [0.5, 0.6) is 0 Å². The van der Waals surface area contributed by atoms with E-state index in [9.17, 15) is 18.8 Å². The number of benzene rings is 2. The third kappa shape index (κ3) is 5.72. The van der Waals surface area contributed by atoms with Crippen molar-refractivity contribution in [2.75, 3.05) is 19.6 Å². The van der Waals surface area contributed by atoms with Crippen molar-refractivity contribution >= 4 is 17.7 Å². The van der Waals surface area contributed by atoms with Crippen LogP contribution in [0.3, 0.4) is 0 Å². The smallest absolute Gasteiger partial charge is 0.256 e. The Morgan fingerprint density at radius 3 is 2.47 bits per heavy atom. The van der Waals surface area contributed by atoms with Gasteiger partial charge in [0.25, 0.3) is 11.8 Å². The van der Waals surface area contributed by atoms with Gasteiger partial charge in [-0.25, -0.2) is 4.39 Å². The topological polar surface area (TPSA) is 78.5 Å². The molecular weight excluding hydrogens is 409 g/mol. The monoisotopic (exact) mass is 439 g/mol. The SMILES string of the molecule is CCCNC(=O)C(NC(=O)c1cccc(C)c1)C1CCN(C(=O)c2ccccc2F)CC1. The number of hydrogen-bond acceptors (Lipinski definition) is 3. The number of hydrogen-bond donors (Lipinski definition) is 2. The van der Waals surface area contributed by atoms with Crippen LogP contribution in [0.2, 0.25) is 0 Å². The van der Waals surface area contributed by atoms with Crippen LogP contribution in [0.1, 0.15) is 52.5 Å². The Morgan fingerprint density at radius 1 is 1.09 bits per heavy atom. The first-order valence-electron chi connectivity index (χ1n) is 11.1. The van der Waals surface area contributed by atoms with Gasteiger partial charge in [0.15, 0.2) is 0 Å². The average molecular weight is 440 g/mol. The number of halogens is 1. The molecule has 1 aliphatic heterocycles. The van der Waals surface area contributed by atoms with E-state index in [0.29, 0.717) is 38.0 Å². The highest BCUT2D eigenvalue weighted by Gasteiger charge is 2.34.